The standard InChI is InChI=1S/C21H26N2O3/c1-4-26-19-11-7-17(8-12-19)14-23-21(25)20(24)22-13-16-5-9-18(10-6-16)15(2)3/h5-12,15H,4,13-14H2,1-3H3,(H,22,24)(H,23,25). The molecule has 0 radical (unpaired) electrons. The van der Waals surface area contributed by atoms with E-state index in [1.54, 1.807) is 0 Å². The average molecular weight is 354 g/mol. The summed E-state index contributed by atoms with van der Waals surface area (Å²) in [6.45, 7) is 7.41. The lowest BCUT2D eigenvalue weighted by atomic mass is 10.0. The number of carbonyl (C=O) groups is 2. The van der Waals surface area contributed by atoms with Gasteiger partial charge in [0.2, 0.25) is 0 Å². The molecule has 0 atom stereocenters. The summed E-state index contributed by atoms with van der Waals surface area (Å²) < 4.78 is 5.37. The van der Waals surface area contributed by atoms with Crippen LogP contribution >= 0.6 is 0 Å². The Hall–Kier alpha value is -2.82. The molecule has 0 saturated heterocycles. The second kappa shape index (κ2) is 9.61. The molecule has 0 heterocycles. The summed E-state index contributed by atoms with van der Waals surface area (Å²) in [7, 11) is 0. The van der Waals surface area contributed by atoms with Crippen molar-refractivity contribution in [2.45, 2.75) is 39.8 Å². The molecule has 0 spiro atoms. The summed E-state index contributed by atoms with van der Waals surface area (Å²) in [6.07, 6.45) is 0. The van der Waals surface area contributed by atoms with Gasteiger partial charge in [-0.3, -0.25) is 9.59 Å². The van der Waals surface area contributed by atoms with Crippen molar-refractivity contribution in [3.63, 3.8) is 0 Å². The highest BCUT2D eigenvalue weighted by Gasteiger charge is 2.12. The third-order valence-corrected chi connectivity index (χ3v) is 3.99. The van der Waals surface area contributed by atoms with E-state index in [1.807, 2.05) is 55.5 Å². The highest BCUT2D eigenvalue weighted by molar-refractivity contribution is 6.35. The van der Waals surface area contributed by atoms with Crippen molar-refractivity contribution in [1.82, 2.24) is 10.6 Å². The van der Waals surface area contributed by atoms with E-state index < -0.39 is 11.8 Å². The molecular weight excluding hydrogens is 328 g/mol. The van der Waals surface area contributed by atoms with Crippen LogP contribution in [0.15, 0.2) is 48.5 Å². The fraction of sp³-hybridized carbons (Fsp3) is 0.333. The number of hydrogen-bond donors (Lipinski definition) is 2. The molecule has 0 aromatic heterocycles. The van der Waals surface area contributed by atoms with E-state index in [-0.39, 0.29) is 0 Å². The maximum Gasteiger partial charge on any atom is 0.309 e. The lowest BCUT2D eigenvalue weighted by Crippen LogP contribution is -2.39. The summed E-state index contributed by atoms with van der Waals surface area (Å²) in [4.78, 5) is 23.8. The van der Waals surface area contributed by atoms with Crippen molar-refractivity contribution in [2.24, 2.45) is 0 Å². The van der Waals surface area contributed by atoms with Crippen LogP contribution in [-0.4, -0.2) is 18.4 Å². The Bertz CT molecular complexity index is 722. The van der Waals surface area contributed by atoms with Crippen LogP contribution in [0.2, 0.25) is 0 Å². The van der Waals surface area contributed by atoms with Crippen molar-refractivity contribution in [3.8, 4) is 5.75 Å². The molecular formula is C21H26N2O3. The third kappa shape index (κ3) is 5.92. The molecule has 5 heteroatoms. The van der Waals surface area contributed by atoms with E-state index >= 15 is 0 Å². The van der Waals surface area contributed by atoms with Gasteiger partial charge in [-0.25, -0.2) is 0 Å². The zero-order valence-electron chi connectivity index (χ0n) is 15.5. The number of hydrogen-bond acceptors (Lipinski definition) is 3. The van der Waals surface area contributed by atoms with E-state index in [0.29, 0.717) is 25.6 Å². The van der Waals surface area contributed by atoms with Crippen molar-refractivity contribution in [2.75, 3.05) is 6.61 Å². The number of nitrogens with one attached hydrogen (secondary N) is 2. The second-order valence-corrected chi connectivity index (χ2v) is 6.34. The van der Waals surface area contributed by atoms with Gasteiger partial charge in [0.05, 0.1) is 6.61 Å². The number of benzene rings is 2. The normalized spacial score (nSPS) is 10.5. The maximum atomic E-state index is 11.9. The summed E-state index contributed by atoms with van der Waals surface area (Å²) in [5.41, 5.74) is 3.11. The Kier molecular flexibility index (Phi) is 7.21. The van der Waals surface area contributed by atoms with Crippen molar-refractivity contribution in [1.29, 1.82) is 0 Å². The number of carbonyl (C=O) groups excluding carboxylic acids is 2. The first-order chi connectivity index (χ1) is 12.5. The Labute approximate surface area is 154 Å². The summed E-state index contributed by atoms with van der Waals surface area (Å²) in [5.74, 6) is -0.0302. The van der Waals surface area contributed by atoms with Crippen molar-refractivity contribution < 1.29 is 14.3 Å². The predicted molar refractivity (Wildman–Crippen MR) is 102 cm³/mol. The van der Waals surface area contributed by atoms with Gasteiger partial charge >= 0.3 is 11.8 Å². The zero-order chi connectivity index (χ0) is 18.9. The molecule has 2 aromatic rings. The van der Waals surface area contributed by atoms with Crippen LogP contribution in [0, 0.1) is 0 Å². The molecule has 5 nitrogen and oxygen atoms in total. The van der Waals surface area contributed by atoms with Crippen LogP contribution in [0.1, 0.15) is 43.4 Å². The molecule has 0 aliphatic rings. The van der Waals surface area contributed by atoms with E-state index in [9.17, 15) is 9.59 Å². The van der Waals surface area contributed by atoms with Gasteiger partial charge in [-0.15, -0.1) is 0 Å². The maximum absolute atomic E-state index is 11.9. The van der Waals surface area contributed by atoms with Gasteiger partial charge in [-0.05, 0) is 41.7 Å². The molecule has 2 rings (SSSR count). The minimum atomic E-state index is -0.641. The predicted octanol–water partition coefficient (Wildman–Crippen LogP) is 3.14. The third-order valence-electron chi connectivity index (χ3n) is 3.99. The van der Waals surface area contributed by atoms with Crippen molar-refractivity contribution >= 4 is 11.8 Å². The lowest BCUT2D eigenvalue weighted by Gasteiger charge is -2.09. The topological polar surface area (TPSA) is 67.4 Å². The van der Waals surface area contributed by atoms with Crippen LogP contribution < -0.4 is 15.4 Å². The Morgan fingerprint density at radius 1 is 0.846 bits per heavy atom. The fourth-order valence-electron chi connectivity index (χ4n) is 2.42. The number of ether oxygens (including phenoxy) is 1. The van der Waals surface area contributed by atoms with Gasteiger partial charge in [-0.1, -0.05) is 50.2 Å². The molecule has 0 saturated carbocycles. The molecule has 2 aromatic carbocycles. The summed E-state index contributed by atoms with van der Waals surface area (Å²) >= 11 is 0. The highest BCUT2D eigenvalue weighted by Crippen LogP contribution is 2.14. The minimum Gasteiger partial charge on any atom is -0.494 e. The van der Waals surface area contributed by atoms with Crippen LogP contribution in [0.5, 0.6) is 5.75 Å². The Morgan fingerprint density at radius 3 is 1.73 bits per heavy atom. The SMILES string of the molecule is CCOc1ccc(CNC(=O)C(=O)NCc2ccc(C(C)C)cc2)cc1. The molecule has 0 aliphatic carbocycles. The zero-order valence-corrected chi connectivity index (χ0v) is 15.5. The van der Waals surface area contributed by atoms with Crippen LogP contribution in [0.3, 0.4) is 0 Å². The largest absolute Gasteiger partial charge is 0.494 e. The van der Waals surface area contributed by atoms with Gasteiger partial charge in [0.15, 0.2) is 0 Å². The monoisotopic (exact) mass is 354 g/mol. The van der Waals surface area contributed by atoms with Gasteiger partial charge in [0, 0.05) is 13.1 Å². The molecule has 0 aliphatic heterocycles. The van der Waals surface area contributed by atoms with E-state index in [1.165, 1.54) is 5.56 Å². The fourth-order valence-corrected chi connectivity index (χ4v) is 2.42. The van der Waals surface area contributed by atoms with Crippen LogP contribution in [0.25, 0.3) is 0 Å². The van der Waals surface area contributed by atoms with Crippen LogP contribution in [-0.2, 0) is 22.7 Å². The highest BCUT2D eigenvalue weighted by atomic mass is 16.5. The van der Waals surface area contributed by atoms with Gasteiger partial charge in [-0.2, -0.15) is 0 Å². The quantitative estimate of drug-likeness (QED) is 0.751. The molecule has 0 fully saturated rings. The first-order valence-corrected chi connectivity index (χ1v) is 8.86. The van der Waals surface area contributed by atoms with E-state index in [0.717, 1.165) is 16.9 Å². The molecule has 2 N–H and O–H groups in total. The first kappa shape index (κ1) is 19.5. The second-order valence-electron chi connectivity index (χ2n) is 6.34. The molecule has 2 amide bonds. The molecule has 0 bridgehead atoms. The average Bonchev–Trinajstić information content (AvgIpc) is 2.65. The van der Waals surface area contributed by atoms with E-state index in [4.69, 9.17) is 4.74 Å². The van der Waals surface area contributed by atoms with Crippen LogP contribution in [0.4, 0.5) is 0 Å². The Morgan fingerprint density at radius 2 is 1.31 bits per heavy atom. The number of amides is 2. The molecule has 26 heavy (non-hydrogen) atoms. The molecule has 138 valence electrons. The summed E-state index contributed by atoms with van der Waals surface area (Å²) in [5, 5.41) is 5.26. The molecule has 0 unspecified atom stereocenters. The lowest BCUT2D eigenvalue weighted by molar-refractivity contribution is -0.139. The van der Waals surface area contributed by atoms with Crippen molar-refractivity contribution in [3.05, 3.63) is 65.2 Å². The van der Waals surface area contributed by atoms with Gasteiger partial charge in [0.1, 0.15) is 5.75 Å². The summed E-state index contributed by atoms with van der Waals surface area (Å²) in [6, 6.07) is 15.4. The first-order valence-electron chi connectivity index (χ1n) is 8.86. The van der Waals surface area contributed by atoms with E-state index in [2.05, 4.69) is 24.5 Å². The minimum absolute atomic E-state index is 0.293. The van der Waals surface area contributed by atoms with Gasteiger partial charge < -0.3 is 15.4 Å². The number of rotatable bonds is 7. The van der Waals surface area contributed by atoms with Gasteiger partial charge in [0.25, 0.3) is 0 Å². The smallest absolute Gasteiger partial charge is 0.309 e. The Balaban J connectivity index is 1.77.